The smallest absolute Gasteiger partial charge is 0.369 e. The number of aromatic nitrogens is 2. The molecule has 0 unspecified atom stereocenters. The Morgan fingerprint density at radius 1 is 1.54 bits per heavy atom. The Morgan fingerprint density at radius 2 is 2.08 bits per heavy atom. The molecule has 0 aliphatic rings. The molecule has 1 rings (SSSR count). The molecule has 72 valence electrons. The maximum atomic E-state index is 12.1. The summed E-state index contributed by atoms with van der Waals surface area (Å²) in [6, 6.07) is 0. The fraction of sp³-hybridized carbons (Fsp3) is 0.333. The second kappa shape index (κ2) is 2.75. The summed E-state index contributed by atoms with van der Waals surface area (Å²) in [6.45, 7) is 0.991. The van der Waals surface area contributed by atoms with Gasteiger partial charge in [0, 0.05) is 6.92 Å². The summed E-state index contributed by atoms with van der Waals surface area (Å²) < 4.78 is 36.4. The molecule has 7 heteroatoms. The molecule has 13 heavy (non-hydrogen) atoms. The number of aromatic amines is 1. The highest BCUT2D eigenvalue weighted by Gasteiger charge is 2.37. The lowest BCUT2D eigenvalue weighted by atomic mass is 10.2. The number of hydrogen-bond acceptors (Lipinski definition) is 3. The van der Waals surface area contributed by atoms with Gasteiger partial charge in [-0.1, -0.05) is 0 Å². The SMILES string of the molecule is CC(=O)c1nc(N)[nH]c1C(F)(F)F. The van der Waals surface area contributed by atoms with Crippen LogP contribution >= 0.6 is 0 Å². The van der Waals surface area contributed by atoms with Crippen LogP contribution in [0.3, 0.4) is 0 Å². The normalized spacial score (nSPS) is 11.7. The maximum Gasteiger partial charge on any atom is 0.433 e. The lowest BCUT2D eigenvalue weighted by Crippen LogP contribution is -2.11. The monoisotopic (exact) mass is 193 g/mol. The molecule has 3 N–H and O–H groups in total. The quantitative estimate of drug-likeness (QED) is 0.658. The van der Waals surface area contributed by atoms with E-state index in [1.165, 1.54) is 0 Å². The number of nitrogens with zero attached hydrogens (tertiary/aromatic N) is 1. The van der Waals surface area contributed by atoms with Gasteiger partial charge in [-0.2, -0.15) is 13.2 Å². The molecule has 0 amide bonds. The molecule has 1 aromatic rings. The third-order valence-electron chi connectivity index (χ3n) is 1.34. The van der Waals surface area contributed by atoms with Crippen molar-refractivity contribution in [2.75, 3.05) is 5.73 Å². The number of nitrogens with one attached hydrogen (secondary N) is 1. The third kappa shape index (κ3) is 1.79. The summed E-state index contributed by atoms with van der Waals surface area (Å²) in [5.74, 6) is -1.20. The summed E-state index contributed by atoms with van der Waals surface area (Å²) in [6.07, 6.45) is -4.63. The average Bonchev–Trinajstić information content (AvgIpc) is 2.29. The number of carbonyl (C=O) groups excluding carboxylic acids is 1. The van der Waals surface area contributed by atoms with Crippen molar-refractivity contribution < 1.29 is 18.0 Å². The van der Waals surface area contributed by atoms with E-state index in [-0.39, 0.29) is 0 Å². The van der Waals surface area contributed by atoms with Gasteiger partial charge in [-0.25, -0.2) is 4.98 Å². The van der Waals surface area contributed by atoms with Crippen molar-refractivity contribution in [3.8, 4) is 0 Å². The number of H-pyrrole nitrogens is 1. The summed E-state index contributed by atoms with van der Waals surface area (Å²) in [5, 5.41) is 0. The number of carbonyl (C=O) groups is 1. The second-order valence-electron chi connectivity index (χ2n) is 2.40. The molecule has 0 saturated carbocycles. The second-order valence-corrected chi connectivity index (χ2v) is 2.40. The fourth-order valence-electron chi connectivity index (χ4n) is 0.851. The van der Waals surface area contributed by atoms with Crippen LogP contribution in [0.5, 0.6) is 0 Å². The molecule has 0 aliphatic heterocycles. The first-order chi connectivity index (χ1) is 5.82. The van der Waals surface area contributed by atoms with Gasteiger partial charge >= 0.3 is 6.18 Å². The highest BCUT2D eigenvalue weighted by molar-refractivity contribution is 5.93. The number of nitrogen functional groups attached to an aromatic ring is 1. The molecule has 1 heterocycles. The molecule has 0 aromatic carbocycles. The van der Waals surface area contributed by atoms with E-state index in [9.17, 15) is 18.0 Å². The first kappa shape index (κ1) is 9.56. The van der Waals surface area contributed by atoms with Gasteiger partial charge in [0.1, 0.15) is 5.69 Å². The van der Waals surface area contributed by atoms with Gasteiger partial charge in [0.05, 0.1) is 0 Å². The molecule has 0 atom stereocenters. The molecule has 1 aromatic heterocycles. The van der Waals surface area contributed by atoms with Crippen LogP contribution in [-0.2, 0) is 6.18 Å². The van der Waals surface area contributed by atoms with Crippen molar-refractivity contribution in [3.63, 3.8) is 0 Å². The molecule has 0 saturated heterocycles. The summed E-state index contributed by atoms with van der Waals surface area (Å²) in [5.41, 5.74) is 3.12. The number of anilines is 1. The van der Waals surface area contributed by atoms with Crippen molar-refractivity contribution in [3.05, 3.63) is 11.4 Å². The zero-order valence-corrected chi connectivity index (χ0v) is 6.57. The summed E-state index contributed by atoms with van der Waals surface area (Å²) >= 11 is 0. The zero-order chi connectivity index (χ0) is 10.2. The number of alkyl halides is 3. The van der Waals surface area contributed by atoms with Crippen LogP contribution in [0.2, 0.25) is 0 Å². The lowest BCUT2D eigenvalue weighted by molar-refractivity contribution is -0.141. The Morgan fingerprint density at radius 3 is 2.38 bits per heavy atom. The van der Waals surface area contributed by atoms with E-state index in [2.05, 4.69) is 4.98 Å². The molecule has 4 nitrogen and oxygen atoms in total. The number of Topliss-reactive ketones (excluding diaryl/α,β-unsaturated/α-hetero) is 1. The van der Waals surface area contributed by atoms with Gasteiger partial charge in [-0.3, -0.25) is 4.79 Å². The zero-order valence-electron chi connectivity index (χ0n) is 6.57. The van der Waals surface area contributed by atoms with Gasteiger partial charge in [-0.05, 0) is 0 Å². The van der Waals surface area contributed by atoms with Crippen LogP contribution in [0, 0.1) is 0 Å². The van der Waals surface area contributed by atoms with Crippen molar-refractivity contribution >= 4 is 11.7 Å². The number of imidazole rings is 1. The molecule has 0 fully saturated rings. The van der Waals surface area contributed by atoms with E-state index in [1.807, 2.05) is 0 Å². The number of rotatable bonds is 1. The highest BCUT2D eigenvalue weighted by atomic mass is 19.4. The highest BCUT2D eigenvalue weighted by Crippen LogP contribution is 2.30. The van der Waals surface area contributed by atoms with Crippen LogP contribution in [0.25, 0.3) is 0 Å². The van der Waals surface area contributed by atoms with E-state index < -0.39 is 29.3 Å². The van der Waals surface area contributed by atoms with Crippen molar-refractivity contribution in [1.82, 2.24) is 9.97 Å². The topological polar surface area (TPSA) is 71.8 Å². The first-order valence-electron chi connectivity index (χ1n) is 3.26. The van der Waals surface area contributed by atoms with Crippen LogP contribution < -0.4 is 5.73 Å². The summed E-state index contributed by atoms with van der Waals surface area (Å²) in [4.78, 5) is 15.7. The van der Waals surface area contributed by atoms with Gasteiger partial charge in [0.25, 0.3) is 0 Å². The van der Waals surface area contributed by atoms with Crippen molar-refractivity contribution in [1.29, 1.82) is 0 Å². The number of ketones is 1. The van der Waals surface area contributed by atoms with E-state index in [0.717, 1.165) is 6.92 Å². The van der Waals surface area contributed by atoms with Gasteiger partial charge in [0.2, 0.25) is 0 Å². The van der Waals surface area contributed by atoms with E-state index in [1.54, 1.807) is 4.98 Å². The molecule has 0 spiro atoms. The Labute approximate surface area is 71.0 Å². The summed E-state index contributed by atoms with van der Waals surface area (Å²) in [7, 11) is 0. The Balaban J connectivity index is 3.28. The van der Waals surface area contributed by atoms with E-state index in [4.69, 9.17) is 5.73 Å². The van der Waals surface area contributed by atoms with Crippen molar-refractivity contribution in [2.24, 2.45) is 0 Å². The predicted molar refractivity (Wildman–Crippen MR) is 38.0 cm³/mol. The van der Waals surface area contributed by atoms with Crippen LogP contribution in [0.1, 0.15) is 23.1 Å². The molecular weight excluding hydrogens is 187 g/mol. The van der Waals surface area contributed by atoms with Crippen molar-refractivity contribution in [2.45, 2.75) is 13.1 Å². The number of hydrogen-bond donors (Lipinski definition) is 2. The fourth-order valence-corrected chi connectivity index (χ4v) is 0.851. The average molecular weight is 193 g/mol. The minimum atomic E-state index is -4.63. The van der Waals surface area contributed by atoms with E-state index in [0.29, 0.717) is 0 Å². The minimum absolute atomic E-state index is 0.419. The molecule has 0 aliphatic carbocycles. The molecular formula is C6H6F3N3O. The Kier molecular flexibility index (Phi) is 2.02. The van der Waals surface area contributed by atoms with Crippen LogP contribution in [-0.4, -0.2) is 15.8 Å². The molecule has 0 bridgehead atoms. The van der Waals surface area contributed by atoms with Crippen LogP contribution in [0.4, 0.5) is 19.1 Å². The first-order valence-corrected chi connectivity index (χ1v) is 3.26. The Hall–Kier alpha value is -1.53. The standard InChI is InChI=1S/C6H6F3N3O/c1-2(13)3-4(6(7,8)9)12-5(10)11-3/h1H3,(H3,10,11,12). The lowest BCUT2D eigenvalue weighted by Gasteiger charge is -2.03. The number of nitrogens with two attached hydrogens (primary N) is 1. The maximum absolute atomic E-state index is 12.1. The Bertz CT molecular complexity index is 341. The third-order valence-corrected chi connectivity index (χ3v) is 1.34. The molecule has 0 radical (unpaired) electrons. The number of halogens is 3. The predicted octanol–water partition coefficient (Wildman–Crippen LogP) is 1.21. The van der Waals surface area contributed by atoms with Gasteiger partial charge < -0.3 is 10.7 Å². The van der Waals surface area contributed by atoms with Gasteiger partial charge in [0.15, 0.2) is 17.4 Å². The van der Waals surface area contributed by atoms with Crippen LogP contribution in [0.15, 0.2) is 0 Å². The largest absolute Gasteiger partial charge is 0.433 e. The van der Waals surface area contributed by atoms with Gasteiger partial charge in [-0.15, -0.1) is 0 Å². The van der Waals surface area contributed by atoms with E-state index >= 15 is 0 Å². The minimum Gasteiger partial charge on any atom is -0.369 e.